The Labute approximate surface area is 85.3 Å². The second-order valence-electron chi connectivity index (χ2n) is 4.81. The van der Waals surface area contributed by atoms with Crippen LogP contribution in [0.1, 0.15) is 38.5 Å². The minimum Gasteiger partial charge on any atom is -0.472 e. The van der Waals surface area contributed by atoms with E-state index in [4.69, 9.17) is 9.47 Å². The van der Waals surface area contributed by atoms with Crippen molar-refractivity contribution in [2.75, 3.05) is 0 Å². The minimum atomic E-state index is 0.0573. The number of hydrogen-bond donors (Lipinski definition) is 0. The Balaban J connectivity index is 1.61. The Morgan fingerprint density at radius 2 is 1.93 bits per heavy atom. The standard InChI is InChI=1S/C12H18O2/c1-2-4-9(5-3-1)11-8-10-6-7-13-12(10)14-11/h6-7,9-12H,1-5,8H2/t10-,11?,12+/m1/s1. The van der Waals surface area contributed by atoms with Gasteiger partial charge in [0.05, 0.1) is 12.4 Å². The van der Waals surface area contributed by atoms with Crippen molar-refractivity contribution in [3.05, 3.63) is 12.3 Å². The average molecular weight is 194 g/mol. The number of hydrogen-bond acceptors (Lipinski definition) is 2. The van der Waals surface area contributed by atoms with E-state index in [0.29, 0.717) is 12.0 Å². The zero-order valence-electron chi connectivity index (χ0n) is 8.52. The van der Waals surface area contributed by atoms with E-state index in [1.807, 2.05) is 0 Å². The zero-order valence-corrected chi connectivity index (χ0v) is 8.52. The lowest BCUT2D eigenvalue weighted by Gasteiger charge is -2.27. The Kier molecular flexibility index (Phi) is 2.24. The summed E-state index contributed by atoms with van der Waals surface area (Å²) in [6.07, 6.45) is 12.6. The smallest absolute Gasteiger partial charge is 0.205 e. The van der Waals surface area contributed by atoms with Crippen LogP contribution in [0.4, 0.5) is 0 Å². The van der Waals surface area contributed by atoms with Gasteiger partial charge in [-0.05, 0) is 31.3 Å². The molecule has 0 aromatic carbocycles. The van der Waals surface area contributed by atoms with Gasteiger partial charge in [-0.1, -0.05) is 19.3 Å². The van der Waals surface area contributed by atoms with Crippen molar-refractivity contribution >= 4 is 0 Å². The molecule has 3 atom stereocenters. The number of ether oxygens (including phenoxy) is 2. The molecule has 3 aliphatic rings. The summed E-state index contributed by atoms with van der Waals surface area (Å²) in [6, 6.07) is 0. The highest BCUT2D eigenvalue weighted by Gasteiger charge is 2.40. The van der Waals surface area contributed by atoms with Gasteiger partial charge >= 0.3 is 0 Å². The van der Waals surface area contributed by atoms with Crippen LogP contribution < -0.4 is 0 Å². The zero-order chi connectivity index (χ0) is 9.38. The summed E-state index contributed by atoms with van der Waals surface area (Å²) < 4.78 is 11.3. The van der Waals surface area contributed by atoms with Crippen molar-refractivity contribution < 1.29 is 9.47 Å². The molecule has 0 amide bonds. The molecule has 0 aromatic rings. The molecule has 2 heterocycles. The van der Waals surface area contributed by atoms with E-state index in [2.05, 4.69) is 6.08 Å². The second kappa shape index (κ2) is 3.58. The van der Waals surface area contributed by atoms with E-state index in [0.717, 1.165) is 5.92 Å². The van der Waals surface area contributed by atoms with E-state index in [9.17, 15) is 0 Å². The molecule has 0 spiro atoms. The molecular formula is C12H18O2. The summed E-state index contributed by atoms with van der Waals surface area (Å²) in [7, 11) is 0. The Morgan fingerprint density at radius 3 is 2.71 bits per heavy atom. The van der Waals surface area contributed by atoms with E-state index in [1.165, 1.54) is 38.5 Å². The van der Waals surface area contributed by atoms with Crippen molar-refractivity contribution in [3.63, 3.8) is 0 Å². The molecule has 14 heavy (non-hydrogen) atoms. The van der Waals surface area contributed by atoms with Crippen LogP contribution >= 0.6 is 0 Å². The highest BCUT2D eigenvalue weighted by atomic mass is 16.7. The van der Waals surface area contributed by atoms with Crippen molar-refractivity contribution in [3.8, 4) is 0 Å². The quantitative estimate of drug-likeness (QED) is 0.639. The van der Waals surface area contributed by atoms with Crippen LogP contribution in [0.3, 0.4) is 0 Å². The minimum absolute atomic E-state index is 0.0573. The summed E-state index contributed by atoms with van der Waals surface area (Å²) in [5.41, 5.74) is 0. The van der Waals surface area contributed by atoms with Crippen molar-refractivity contribution in [1.82, 2.24) is 0 Å². The van der Waals surface area contributed by atoms with Gasteiger partial charge in [0.2, 0.25) is 6.29 Å². The first-order valence-corrected chi connectivity index (χ1v) is 5.91. The third kappa shape index (κ3) is 1.46. The van der Waals surface area contributed by atoms with Crippen LogP contribution in [-0.4, -0.2) is 12.4 Å². The third-order valence-corrected chi connectivity index (χ3v) is 3.88. The molecule has 0 radical (unpaired) electrons. The molecule has 78 valence electrons. The van der Waals surface area contributed by atoms with Gasteiger partial charge in [0.1, 0.15) is 0 Å². The van der Waals surface area contributed by atoms with Gasteiger partial charge in [-0.2, -0.15) is 0 Å². The summed E-state index contributed by atoms with van der Waals surface area (Å²) in [4.78, 5) is 0. The van der Waals surface area contributed by atoms with Crippen molar-refractivity contribution in [2.24, 2.45) is 11.8 Å². The van der Waals surface area contributed by atoms with Crippen molar-refractivity contribution in [1.29, 1.82) is 0 Å². The molecule has 1 saturated carbocycles. The Morgan fingerprint density at radius 1 is 1.07 bits per heavy atom. The highest BCUT2D eigenvalue weighted by molar-refractivity contribution is 4.98. The molecule has 2 nitrogen and oxygen atoms in total. The maximum Gasteiger partial charge on any atom is 0.205 e. The first-order chi connectivity index (χ1) is 6.93. The van der Waals surface area contributed by atoms with E-state index >= 15 is 0 Å². The lowest BCUT2D eigenvalue weighted by molar-refractivity contribution is -0.114. The molecule has 0 aromatic heterocycles. The van der Waals surface area contributed by atoms with Crippen LogP contribution in [0.5, 0.6) is 0 Å². The van der Waals surface area contributed by atoms with E-state index in [-0.39, 0.29) is 6.29 Å². The molecule has 1 unspecified atom stereocenters. The predicted molar refractivity (Wildman–Crippen MR) is 53.6 cm³/mol. The Hall–Kier alpha value is -0.500. The normalized spacial score (nSPS) is 42.4. The summed E-state index contributed by atoms with van der Waals surface area (Å²) in [5.74, 6) is 1.35. The fourth-order valence-corrected chi connectivity index (χ4v) is 3.04. The molecule has 2 aliphatic heterocycles. The summed E-state index contributed by atoms with van der Waals surface area (Å²) >= 11 is 0. The molecule has 1 aliphatic carbocycles. The van der Waals surface area contributed by atoms with E-state index < -0.39 is 0 Å². The number of fused-ring (bicyclic) bond motifs is 1. The maximum absolute atomic E-state index is 5.94. The van der Waals surface area contributed by atoms with Gasteiger partial charge in [-0.15, -0.1) is 0 Å². The highest BCUT2D eigenvalue weighted by Crippen LogP contribution is 2.40. The van der Waals surface area contributed by atoms with Crippen LogP contribution in [0, 0.1) is 11.8 Å². The Bertz CT molecular complexity index is 230. The molecule has 2 fully saturated rings. The second-order valence-corrected chi connectivity index (χ2v) is 4.81. The van der Waals surface area contributed by atoms with Crippen LogP contribution in [0.2, 0.25) is 0 Å². The maximum atomic E-state index is 5.94. The van der Waals surface area contributed by atoms with Gasteiger partial charge in [-0.25, -0.2) is 0 Å². The first kappa shape index (κ1) is 8.78. The van der Waals surface area contributed by atoms with Crippen LogP contribution in [0.25, 0.3) is 0 Å². The average Bonchev–Trinajstić information content (AvgIpc) is 2.78. The lowest BCUT2D eigenvalue weighted by atomic mass is 9.83. The number of rotatable bonds is 1. The molecule has 3 rings (SSSR count). The molecule has 0 bridgehead atoms. The van der Waals surface area contributed by atoms with Gasteiger partial charge in [-0.3, -0.25) is 0 Å². The van der Waals surface area contributed by atoms with Gasteiger partial charge in [0, 0.05) is 5.92 Å². The SMILES string of the molecule is C1=C[C@@H]2CC(C3CCCCC3)O[C@@H]2O1. The van der Waals surface area contributed by atoms with Crippen LogP contribution in [0.15, 0.2) is 12.3 Å². The fourth-order valence-electron chi connectivity index (χ4n) is 3.04. The fraction of sp³-hybridized carbons (Fsp3) is 0.833. The predicted octanol–water partition coefficient (Wildman–Crippen LogP) is 2.84. The molecular weight excluding hydrogens is 176 g/mol. The van der Waals surface area contributed by atoms with Crippen LogP contribution in [-0.2, 0) is 9.47 Å². The molecule has 0 N–H and O–H groups in total. The van der Waals surface area contributed by atoms with Gasteiger partial charge in [0.25, 0.3) is 0 Å². The molecule has 2 heteroatoms. The third-order valence-electron chi connectivity index (χ3n) is 3.88. The summed E-state index contributed by atoms with van der Waals surface area (Å²) in [6.45, 7) is 0. The topological polar surface area (TPSA) is 18.5 Å². The van der Waals surface area contributed by atoms with Gasteiger partial charge < -0.3 is 9.47 Å². The lowest BCUT2D eigenvalue weighted by Crippen LogP contribution is -2.23. The first-order valence-electron chi connectivity index (χ1n) is 5.91. The largest absolute Gasteiger partial charge is 0.472 e. The van der Waals surface area contributed by atoms with Gasteiger partial charge in [0.15, 0.2) is 0 Å². The summed E-state index contributed by atoms with van der Waals surface area (Å²) in [5, 5.41) is 0. The molecule has 1 saturated heterocycles. The van der Waals surface area contributed by atoms with Crippen molar-refractivity contribution in [2.45, 2.75) is 50.9 Å². The monoisotopic (exact) mass is 194 g/mol. The van der Waals surface area contributed by atoms with E-state index in [1.54, 1.807) is 6.26 Å².